The lowest BCUT2D eigenvalue weighted by atomic mass is 10.2. The number of aromatic nitrogens is 1. The van der Waals surface area contributed by atoms with E-state index in [1.165, 1.54) is 6.07 Å². The van der Waals surface area contributed by atoms with E-state index in [1.54, 1.807) is 36.7 Å². The maximum absolute atomic E-state index is 13.5. The van der Waals surface area contributed by atoms with Crippen molar-refractivity contribution < 1.29 is 12.8 Å². The average molecular weight is 373 g/mol. The second-order valence-electron chi connectivity index (χ2n) is 4.48. The van der Waals surface area contributed by atoms with Gasteiger partial charge in [0.2, 0.25) is 10.0 Å². The van der Waals surface area contributed by atoms with Crippen molar-refractivity contribution in [3.05, 3.63) is 64.1 Å². The lowest BCUT2D eigenvalue weighted by Crippen LogP contribution is -2.27. The van der Waals surface area contributed by atoms with Gasteiger partial charge in [-0.05, 0) is 42.3 Å². The molecule has 0 saturated heterocycles. The second-order valence-corrected chi connectivity index (χ2v) is 7.32. The van der Waals surface area contributed by atoms with Crippen LogP contribution < -0.4 is 4.72 Å². The predicted molar refractivity (Wildman–Crippen MR) is 82.7 cm³/mol. The molecular formula is C14H14BrFN2O2S. The summed E-state index contributed by atoms with van der Waals surface area (Å²) in [6.07, 6.45) is 3.62. The Labute approximate surface area is 131 Å². The largest absolute Gasteiger partial charge is 0.265 e. The molecule has 21 heavy (non-hydrogen) atoms. The minimum Gasteiger partial charge on any atom is -0.265 e. The SMILES string of the molecule is O=S(=O)(CCc1ccncc1)NCc1cc(Br)ccc1F. The molecule has 4 nitrogen and oxygen atoms in total. The summed E-state index contributed by atoms with van der Waals surface area (Å²) in [4.78, 5) is 3.87. The molecule has 0 spiro atoms. The molecule has 0 aliphatic carbocycles. The topological polar surface area (TPSA) is 59.1 Å². The van der Waals surface area contributed by atoms with E-state index < -0.39 is 15.8 Å². The molecule has 112 valence electrons. The lowest BCUT2D eigenvalue weighted by Gasteiger charge is -2.08. The molecule has 0 aliphatic heterocycles. The van der Waals surface area contributed by atoms with Gasteiger partial charge in [-0.1, -0.05) is 15.9 Å². The van der Waals surface area contributed by atoms with Gasteiger partial charge in [-0.25, -0.2) is 17.5 Å². The molecule has 0 atom stereocenters. The molecule has 2 aromatic rings. The summed E-state index contributed by atoms with van der Waals surface area (Å²) in [7, 11) is -3.46. The van der Waals surface area contributed by atoms with E-state index in [9.17, 15) is 12.8 Å². The number of nitrogens with one attached hydrogen (secondary N) is 1. The van der Waals surface area contributed by atoms with Crippen LogP contribution in [0.5, 0.6) is 0 Å². The van der Waals surface area contributed by atoms with Gasteiger partial charge < -0.3 is 0 Å². The third-order valence-electron chi connectivity index (χ3n) is 2.90. The first kappa shape index (κ1) is 16.1. The first-order valence-corrected chi connectivity index (χ1v) is 8.71. The standard InChI is InChI=1S/C14H14BrFN2O2S/c15-13-1-2-14(16)12(9-13)10-18-21(19,20)8-5-11-3-6-17-7-4-11/h1-4,6-7,9,18H,5,8,10H2. The van der Waals surface area contributed by atoms with Crippen LogP contribution in [0.2, 0.25) is 0 Å². The van der Waals surface area contributed by atoms with Crippen molar-refractivity contribution in [3.8, 4) is 0 Å². The summed E-state index contributed by atoms with van der Waals surface area (Å²) in [6, 6.07) is 7.95. The Kier molecular flexibility index (Phi) is 5.44. The van der Waals surface area contributed by atoms with Gasteiger partial charge in [0.15, 0.2) is 0 Å². The maximum atomic E-state index is 13.5. The number of aryl methyl sites for hydroxylation is 1. The molecule has 2 rings (SSSR count). The summed E-state index contributed by atoms with van der Waals surface area (Å²) < 4.78 is 40.5. The predicted octanol–water partition coefficient (Wildman–Crippen LogP) is 2.65. The lowest BCUT2D eigenvalue weighted by molar-refractivity contribution is 0.573. The van der Waals surface area contributed by atoms with Crippen molar-refractivity contribution in [1.29, 1.82) is 0 Å². The van der Waals surface area contributed by atoms with E-state index in [4.69, 9.17) is 0 Å². The van der Waals surface area contributed by atoms with Crippen LogP contribution in [0.15, 0.2) is 47.2 Å². The van der Waals surface area contributed by atoms with Crippen LogP contribution in [0.25, 0.3) is 0 Å². The van der Waals surface area contributed by atoms with Gasteiger partial charge in [-0.3, -0.25) is 4.98 Å². The summed E-state index contributed by atoms with van der Waals surface area (Å²) in [5.74, 6) is -0.484. The van der Waals surface area contributed by atoms with E-state index in [2.05, 4.69) is 25.6 Å². The van der Waals surface area contributed by atoms with Crippen LogP contribution in [0.1, 0.15) is 11.1 Å². The molecule has 0 bridgehead atoms. The number of halogens is 2. The Balaban J connectivity index is 1.93. The summed E-state index contributed by atoms with van der Waals surface area (Å²) in [6.45, 7) is -0.0655. The van der Waals surface area contributed by atoms with Crippen LogP contribution in [-0.4, -0.2) is 19.2 Å². The first-order chi connectivity index (χ1) is 9.96. The fourth-order valence-electron chi connectivity index (χ4n) is 1.74. The third-order valence-corrected chi connectivity index (χ3v) is 4.72. The van der Waals surface area contributed by atoms with Crippen LogP contribution in [0.4, 0.5) is 4.39 Å². The molecule has 1 aromatic carbocycles. The molecule has 1 aromatic heterocycles. The first-order valence-electron chi connectivity index (χ1n) is 6.26. The summed E-state index contributed by atoms with van der Waals surface area (Å²) in [5, 5.41) is 0. The van der Waals surface area contributed by atoms with Crippen LogP contribution in [-0.2, 0) is 23.0 Å². The van der Waals surface area contributed by atoms with E-state index in [1.807, 2.05) is 0 Å². The minimum absolute atomic E-state index is 0.0490. The zero-order chi connectivity index (χ0) is 15.3. The van der Waals surface area contributed by atoms with Crippen molar-refractivity contribution >= 4 is 26.0 Å². The third kappa shape index (κ3) is 5.18. The number of pyridine rings is 1. The summed E-state index contributed by atoms with van der Waals surface area (Å²) >= 11 is 3.23. The summed E-state index contributed by atoms with van der Waals surface area (Å²) in [5.41, 5.74) is 1.20. The monoisotopic (exact) mass is 372 g/mol. The van der Waals surface area contributed by atoms with E-state index in [0.717, 1.165) is 5.56 Å². The number of rotatable bonds is 6. The molecule has 0 amide bonds. The van der Waals surface area contributed by atoms with Crippen LogP contribution in [0, 0.1) is 5.82 Å². The van der Waals surface area contributed by atoms with Crippen molar-refractivity contribution in [3.63, 3.8) is 0 Å². The Morgan fingerprint density at radius 2 is 1.90 bits per heavy atom. The smallest absolute Gasteiger partial charge is 0.212 e. The van der Waals surface area contributed by atoms with Crippen LogP contribution >= 0.6 is 15.9 Å². The molecule has 1 N–H and O–H groups in total. The van der Waals surface area contributed by atoms with Crippen LogP contribution in [0.3, 0.4) is 0 Å². The van der Waals surface area contributed by atoms with Crippen molar-refractivity contribution in [2.45, 2.75) is 13.0 Å². The molecule has 1 heterocycles. The molecule has 0 aliphatic rings. The van der Waals surface area contributed by atoms with Gasteiger partial charge in [0.05, 0.1) is 5.75 Å². The molecule has 0 unspecified atom stereocenters. The number of nitrogens with zero attached hydrogens (tertiary/aromatic N) is 1. The number of sulfonamides is 1. The van der Waals surface area contributed by atoms with Gasteiger partial charge in [0.25, 0.3) is 0 Å². The van der Waals surface area contributed by atoms with Crippen molar-refractivity contribution in [2.75, 3.05) is 5.75 Å². The fraction of sp³-hybridized carbons (Fsp3) is 0.214. The highest BCUT2D eigenvalue weighted by Gasteiger charge is 2.12. The van der Waals surface area contributed by atoms with Gasteiger partial charge in [0, 0.05) is 29.0 Å². The van der Waals surface area contributed by atoms with E-state index in [0.29, 0.717) is 16.5 Å². The highest BCUT2D eigenvalue weighted by Crippen LogP contribution is 2.15. The van der Waals surface area contributed by atoms with Gasteiger partial charge in [0.1, 0.15) is 5.82 Å². The quantitative estimate of drug-likeness (QED) is 0.847. The molecule has 7 heteroatoms. The Morgan fingerprint density at radius 3 is 2.62 bits per heavy atom. The highest BCUT2D eigenvalue weighted by atomic mass is 79.9. The molecule has 0 radical (unpaired) electrons. The number of hydrogen-bond acceptors (Lipinski definition) is 3. The molecule has 0 fully saturated rings. The Morgan fingerprint density at radius 1 is 1.19 bits per heavy atom. The van der Waals surface area contributed by atoms with Gasteiger partial charge in [-0.15, -0.1) is 0 Å². The fourth-order valence-corrected chi connectivity index (χ4v) is 3.17. The van der Waals surface area contributed by atoms with E-state index >= 15 is 0 Å². The Bertz CT molecular complexity index is 708. The normalized spacial score (nSPS) is 11.5. The van der Waals surface area contributed by atoms with Crippen molar-refractivity contribution in [1.82, 2.24) is 9.71 Å². The average Bonchev–Trinajstić information content (AvgIpc) is 2.47. The van der Waals surface area contributed by atoms with Crippen molar-refractivity contribution in [2.24, 2.45) is 0 Å². The maximum Gasteiger partial charge on any atom is 0.212 e. The number of hydrogen-bond donors (Lipinski definition) is 1. The highest BCUT2D eigenvalue weighted by molar-refractivity contribution is 9.10. The second kappa shape index (κ2) is 7.11. The zero-order valence-corrected chi connectivity index (χ0v) is 13.5. The van der Waals surface area contributed by atoms with Gasteiger partial charge in [-0.2, -0.15) is 0 Å². The van der Waals surface area contributed by atoms with Gasteiger partial charge >= 0.3 is 0 Å². The molecule has 0 saturated carbocycles. The number of benzene rings is 1. The minimum atomic E-state index is -3.46. The van der Waals surface area contributed by atoms with E-state index in [-0.39, 0.29) is 12.3 Å². The zero-order valence-electron chi connectivity index (χ0n) is 11.1. The Hall–Kier alpha value is -1.31. The molecular weight excluding hydrogens is 359 g/mol.